The zero-order valence-corrected chi connectivity index (χ0v) is 11.4. The largest absolute Gasteiger partial charge is 0.343 e. The van der Waals surface area contributed by atoms with Crippen LogP contribution in [0.2, 0.25) is 0 Å². The van der Waals surface area contributed by atoms with E-state index in [9.17, 15) is 0 Å². The van der Waals surface area contributed by atoms with Crippen LogP contribution in [0.15, 0.2) is 12.4 Å². The van der Waals surface area contributed by atoms with E-state index in [2.05, 4.69) is 35.0 Å². The molecule has 0 aliphatic carbocycles. The van der Waals surface area contributed by atoms with Crippen LogP contribution in [0.1, 0.15) is 32.4 Å². The molecule has 0 bridgehead atoms. The van der Waals surface area contributed by atoms with Crippen LogP contribution in [0.3, 0.4) is 0 Å². The number of unbranched alkanes of at least 4 members (excludes halogenated alkanes) is 1. The standard InChI is InChI=1S/C13H18N6/c1-3-5-7-18(8-6-14)12-9-11(4-2)17-13-15-10-16-19(12)13/h9-10H,3-5,7-8H2,1-2H3. The van der Waals surface area contributed by atoms with Crippen molar-refractivity contribution in [3.8, 4) is 6.07 Å². The van der Waals surface area contributed by atoms with Gasteiger partial charge >= 0.3 is 0 Å². The van der Waals surface area contributed by atoms with Crippen LogP contribution >= 0.6 is 0 Å². The lowest BCUT2D eigenvalue weighted by atomic mass is 10.2. The van der Waals surface area contributed by atoms with E-state index in [0.29, 0.717) is 12.3 Å². The smallest absolute Gasteiger partial charge is 0.254 e. The number of rotatable bonds is 6. The van der Waals surface area contributed by atoms with Crippen molar-refractivity contribution in [2.45, 2.75) is 33.1 Å². The minimum absolute atomic E-state index is 0.349. The zero-order chi connectivity index (χ0) is 13.7. The van der Waals surface area contributed by atoms with Crippen LogP contribution in [0.5, 0.6) is 0 Å². The Morgan fingerprint density at radius 2 is 2.26 bits per heavy atom. The van der Waals surface area contributed by atoms with Gasteiger partial charge in [-0.2, -0.15) is 19.9 Å². The van der Waals surface area contributed by atoms with E-state index in [0.717, 1.165) is 37.3 Å². The minimum atomic E-state index is 0.349. The van der Waals surface area contributed by atoms with Crippen molar-refractivity contribution in [1.82, 2.24) is 19.6 Å². The van der Waals surface area contributed by atoms with Crippen molar-refractivity contribution in [3.05, 3.63) is 18.1 Å². The first-order chi connectivity index (χ1) is 9.30. The molecule has 0 aromatic carbocycles. The highest BCUT2D eigenvalue weighted by molar-refractivity contribution is 5.48. The summed E-state index contributed by atoms with van der Waals surface area (Å²) in [6.07, 6.45) is 4.47. The van der Waals surface area contributed by atoms with Crippen molar-refractivity contribution in [3.63, 3.8) is 0 Å². The molecule has 2 aromatic rings. The van der Waals surface area contributed by atoms with Gasteiger partial charge in [-0.3, -0.25) is 0 Å². The number of hydrogen-bond donors (Lipinski definition) is 0. The van der Waals surface area contributed by atoms with Gasteiger partial charge in [0.25, 0.3) is 5.78 Å². The summed E-state index contributed by atoms with van der Waals surface area (Å²) in [6.45, 7) is 5.38. The topological polar surface area (TPSA) is 70.1 Å². The fourth-order valence-electron chi connectivity index (χ4n) is 1.96. The van der Waals surface area contributed by atoms with Gasteiger partial charge in [-0.25, -0.2) is 4.98 Å². The molecule has 0 saturated heterocycles. The second-order valence-corrected chi connectivity index (χ2v) is 4.36. The molecule has 0 aliphatic rings. The van der Waals surface area contributed by atoms with Crippen molar-refractivity contribution < 1.29 is 0 Å². The van der Waals surface area contributed by atoms with E-state index in [1.807, 2.05) is 11.0 Å². The SMILES string of the molecule is CCCCN(CC#N)c1cc(CC)nc2ncnn12. The van der Waals surface area contributed by atoms with Crippen molar-refractivity contribution in [2.24, 2.45) is 0 Å². The highest BCUT2D eigenvalue weighted by atomic mass is 15.4. The molecule has 6 nitrogen and oxygen atoms in total. The van der Waals surface area contributed by atoms with Crippen LogP contribution in [-0.2, 0) is 6.42 Å². The summed E-state index contributed by atoms with van der Waals surface area (Å²) >= 11 is 0. The van der Waals surface area contributed by atoms with Gasteiger partial charge in [0.15, 0.2) is 0 Å². The highest BCUT2D eigenvalue weighted by Crippen LogP contribution is 2.17. The second-order valence-electron chi connectivity index (χ2n) is 4.36. The van der Waals surface area contributed by atoms with Crippen molar-refractivity contribution >= 4 is 11.6 Å². The average molecular weight is 258 g/mol. The summed E-state index contributed by atoms with van der Waals surface area (Å²) in [4.78, 5) is 10.6. The van der Waals surface area contributed by atoms with E-state index in [1.54, 1.807) is 4.52 Å². The number of anilines is 1. The Hall–Kier alpha value is -2.16. The molecule has 0 fully saturated rings. The van der Waals surface area contributed by atoms with Gasteiger partial charge < -0.3 is 4.90 Å². The van der Waals surface area contributed by atoms with E-state index in [-0.39, 0.29) is 0 Å². The molecule has 0 atom stereocenters. The fourth-order valence-corrected chi connectivity index (χ4v) is 1.96. The van der Waals surface area contributed by atoms with Gasteiger partial charge in [0.1, 0.15) is 18.7 Å². The third-order valence-electron chi connectivity index (χ3n) is 3.02. The molecular weight excluding hydrogens is 240 g/mol. The van der Waals surface area contributed by atoms with Crippen molar-refractivity contribution in [1.29, 1.82) is 5.26 Å². The predicted molar refractivity (Wildman–Crippen MR) is 72.9 cm³/mol. The molecule has 0 radical (unpaired) electrons. The van der Waals surface area contributed by atoms with E-state index in [4.69, 9.17) is 5.26 Å². The quantitative estimate of drug-likeness (QED) is 0.739. The molecule has 0 unspecified atom stereocenters. The van der Waals surface area contributed by atoms with Gasteiger partial charge in [0.2, 0.25) is 0 Å². The summed E-state index contributed by atoms with van der Waals surface area (Å²) in [5, 5.41) is 13.2. The summed E-state index contributed by atoms with van der Waals surface area (Å²) < 4.78 is 1.70. The lowest BCUT2D eigenvalue weighted by Gasteiger charge is -2.22. The lowest BCUT2D eigenvalue weighted by molar-refractivity contribution is 0.723. The molecule has 6 heteroatoms. The third-order valence-corrected chi connectivity index (χ3v) is 3.02. The summed E-state index contributed by atoms with van der Waals surface area (Å²) in [5.41, 5.74) is 0.968. The number of fused-ring (bicyclic) bond motifs is 1. The molecule has 0 saturated carbocycles. The second kappa shape index (κ2) is 6.14. The van der Waals surface area contributed by atoms with E-state index < -0.39 is 0 Å². The molecule has 100 valence electrons. The van der Waals surface area contributed by atoms with Gasteiger partial charge in [-0.05, 0) is 12.8 Å². The molecule has 0 amide bonds. The maximum atomic E-state index is 8.99. The highest BCUT2D eigenvalue weighted by Gasteiger charge is 2.13. The first-order valence-corrected chi connectivity index (χ1v) is 6.61. The first-order valence-electron chi connectivity index (χ1n) is 6.61. The maximum absolute atomic E-state index is 8.99. The summed E-state index contributed by atoms with van der Waals surface area (Å²) in [6, 6.07) is 4.21. The lowest BCUT2D eigenvalue weighted by Crippen LogP contribution is -2.27. The Bertz CT molecular complexity index is 582. The molecule has 0 spiro atoms. The average Bonchev–Trinajstić information content (AvgIpc) is 2.90. The third kappa shape index (κ3) is 2.81. The Morgan fingerprint density at radius 3 is 2.95 bits per heavy atom. The monoisotopic (exact) mass is 258 g/mol. The summed E-state index contributed by atoms with van der Waals surface area (Å²) in [7, 11) is 0. The molecule has 0 aliphatic heterocycles. The van der Waals surface area contributed by atoms with Gasteiger partial charge in [0.05, 0.1) is 6.07 Å². The number of hydrogen-bond acceptors (Lipinski definition) is 5. The molecule has 2 aromatic heterocycles. The maximum Gasteiger partial charge on any atom is 0.254 e. The predicted octanol–water partition coefficient (Wildman–Crippen LogP) is 1.82. The van der Waals surface area contributed by atoms with E-state index in [1.165, 1.54) is 6.33 Å². The number of nitriles is 1. The van der Waals surface area contributed by atoms with E-state index >= 15 is 0 Å². The Kier molecular flexibility index (Phi) is 4.29. The van der Waals surface area contributed by atoms with Gasteiger partial charge in [0, 0.05) is 18.3 Å². The molecule has 2 rings (SSSR count). The Balaban J connectivity index is 2.44. The fraction of sp³-hybridized carbons (Fsp3) is 0.538. The molecule has 0 N–H and O–H groups in total. The Labute approximate surface area is 112 Å². The van der Waals surface area contributed by atoms with Crippen LogP contribution in [-0.4, -0.2) is 32.7 Å². The van der Waals surface area contributed by atoms with Crippen LogP contribution < -0.4 is 4.90 Å². The first kappa shape index (κ1) is 13.3. The zero-order valence-electron chi connectivity index (χ0n) is 11.4. The number of aromatic nitrogens is 4. The van der Waals surface area contributed by atoms with Crippen molar-refractivity contribution in [2.75, 3.05) is 18.0 Å². The molecule has 19 heavy (non-hydrogen) atoms. The van der Waals surface area contributed by atoms with Gasteiger partial charge in [-0.15, -0.1) is 0 Å². The minimum Gasteiger partial charge on any atom is -0.343 e. The van der Waals surface area contributed by atoms with Crippen LogP contribution in [0.25, 0.3) is 5.78 Å². The number of nitrogens with zero attached hydrogens (tertiary/aromatic N) is 6. The normalized spacial score (nSPS) is 10.6. The Morgan fingerprint density at radius 1 is 1.42 bits per heavy atom. The molecule has 2 heterocycles. The molecular formula is C13H18N6. The van der Waals surface area contributed by atoms with Crippen LogP contribution in [0, 0.1) is 11.3 Å². The van der Waals surface area contributed by atoms with Crippen LogP contribution in [0.4, 0.5) is 5.82 Å². The van der Waals surface area contributed by atoms with Gasteiger partial charge in [-0.1, -0.05) is 20.3 Å². The number of aryl methyl sites for hydroxylation is 1. The summed E-state index contributed by atoms with van der Waals surface area (Å²) in [5.74, 6) is 1.49.